The molecule has 6 heteroatoms. The molecule has 17 heavy (non-hydrogen) atoms. The average molecular weight is 238 g/mol. The Hall–Kier alpha value is -1.43. The van der Waals surface area contributed by atoms with Crippen LogP contribution in [0.5, 0.6) is 0 Å². The Morgan fingerprint density at radius 1 is 1.41 bits per heavy atom. The van der Waals surface area contributed by atoms with Crippen molar-refractivity contribution in [2.75, 3.05) is 13.2 Å². The van der Waals surface area contributed by atoms with Gasteiger partial charge in [0.1, 0.15) is 5.82 Å². The maximum absolute atomic E-state index is 11.6. The minimum Gasteiger partial charge on any atom is -0.460 e. The van der Waals surface area contributed by atoms with Crippen molar-refractivity contribution in [1.29, 1.82) is 0 Å². The zero-order valence-electron chi connectivity index (χ0n) is 10.5. The summed E-state index contributed by atoms with van der Waals surface area (Å²) in [5.74, 6) is 0.780. The molecule has 0 radical (unpaired) electrons. The van der Waals surface area contributed by atoms with Gasteiger partial charge in [0.25, 0.3) is 0 Å². The second kappa shape index (κ2) is 4.83. The molecular formula is C11H18N4O2. The molecule has 0 aliphatic carbocycles. The van der Waals surface area contributed by atoms with Crippen LogP contribution in [0.4, 0.5) is 0 Å². The van der Waals surface area contributed by atoms with Gasteiger partial charge < -0.3 is 9.30 Å². The van der Waals surface area contributed by atoms with Crippen molar-refractivity contribution in [1.82, 2.24) is 19.7 Å². The van der Waals surface area contributed by atoms with Gasteiger partial charge in [-0.25, -0.2) is 4.79 Å². The summed E-state index contributed by atoms with van der Waals surface area (Å²) in [5.41, 5.74) is 0. The Kier molecular flexibility index (Phi) is 3.42. The minimum atomic E-state index is -0.385. The molecule has 0 fully saturated rings. The molecule has 2 heterocycles. The predicted molar refractivity (Wildman–Crippen MR) is 61.5 cm³/mol. The van der Waals surface area contributed by atoms with E-state index < -0.39 is 0 Å². The fourth-order valence-corrected chi connectivity index (χ4v) is 1.96. The Bertz CT molecular complexity index is 414. The number of aromatic nitrogens is 3. The van der Waals surface area contributed by atoms with Crippen molar-refractivity contribution in [3.8, 4) is 0 Å². The van der Waals surface area contributed by atoms with Crippen LogP contribution in [0.25, 0.3) is 0 Å². The van der Waals surface area contributed by atoms with Gasteiger partial charge in [-0.05, 0) is 20.8 Å². The standard InChI is InChI=1S/C11H18N4O2/c1-4-17-11(16)10-13-12-9-7-14(8(2)3)5-6-15(9)10/h8H,4-7H2,1-3H3. The molecule has 94 valence electrons. The molecule has 0 saturated carbocycles. The summed E-state index contributed by atoms with van der Waals surface area (Å²) >= 11 is 0. The number of fused-ring (bicyclic) bond motifs is 1. The molecule has 1 aliphatic heterocycles. The van der Waals surface area contributed by atoms with Crippen LogP contribution in [0.2, 0.25) is 0 Å². The maximum atomic E-state index is 11.6. The van der Waals surface area contributed by atoms with E-state index in [1.807, 2.05) is 4.57 Å². The summed E-state index contributed by atoms with van der Waals surface area (Å²) in [4.78, 5) is 13.9. The van der Waals surface area contributed by atoms with Crippen LogP contribution in [0, 0.1) is 0 Å². The van der Waals surface area contributed by atoms with E-state index in [2.05, 4.69) is 28.9 Å². The van der Waals surface area contributed by atoms with Gasteiger partial charge in [0.15, 0.2) is 0 Å². The van der Waals surface area contributed by atoms with Gasteiger partial charge in [0, 0.05) is 19.1 Å². The first-order chi connectivity index (χ1) is 8.13. The van der Waals surface area contributed by atoms with Crippen molar-refractivity contribution in [2.24, 2.45) is 0 Å². The number of carbonyl (C=O) groups is 1. The van der Waals surface area contributed by atoms with E-state index in [1.54, 1.807) is 6.92 Å². The lowest BCUT2D eigenvalue weighted by atomic mass is 10.2. The van der Waals surface area contributed by atoms with Gasteiger partial charge in [-0.1, -0.05) is 0 Å². The Morgan fingerprint density at radius 3 is 2.82 bits per heavy atom. The lowest BCUT2D eigenvalue weighted by molar-refractivity contribution is 0.0501. The molecule has 0 amide bonds. The fraction of sp³-hybridized carbons (Fsp3) is 0.727. The molecule has 1 aromatic heterocycles. The zero-order valence-corrected chi connectivity index (χ0v) is 10.5. The molecule has 6 nitrogen and oxygen atoms in total. The number of hydrogen-bond acceptors (Lipinski definition) is 5. The van der Waals surface area contributed by atoms with Crippen LogP contribution in [0.3, 0.4) is 0 Å². The Labute approximate surface area is 101 Å². The van der Waals surface area contributed by atoms with E-state index in [1.165, 1.54) is 0 Å². The topological polar surface area (TPSA) is 60.2 Å². The first-order valence-electron chi connectivity index (χ1n) is 5.96. The van der Waals surface area contributed by atoms with E-state index in [9.17, 15) is 4.79 Å². The highest BCUT2D eigenvalue weighted by atomic mass is 16.5. The van der Waals surface area contributed by atoms with Crippen molar-refractivity contribution in [3.05, 3.63) is 11.6 Å². The van der Waals surface area contributed by atoms with Gasteiger partial charge in [0.05, 0.1) is 13.2 Å². The zero-order chi connectivity index (χ0) is 12.4. The number of nitrogens with zero attached hydrogens (tertiary/aromatic N) is 4. The quantitative estimate of drug-likeness (QED) is 0.725. The molecule has 1 aliphatic rings. The highest BCUT2D eigenvalue weighted by molar-refractivity contribution is 5.85. The molecule has 0 spiro atoms. The SMILES string of the molecule is CCOC(=O)c1nnc2n1CCN(C(C)C)C2. The minimum absolute atomic E-state index is 0.324. The van der Waals surface area contributed by atoms with Crippen LogP contribution in [0.15, 0.2) is 0 Å². The number of carbonyl (C=O) groups excluding carboxylic acids is 1. The van der Waals surface area contributed by atoms with Crippen LogP contribution >= 0.6 is 0 Å². The predicted octanol–water partition coefficient (Wildman–Crippen LogP) is 0.679. The van der Waals surface area contributed by atoms with Gasteiger partial charge in [-0.2, -0.15) is 0 Å². The molecule has 0 N–H and O–H groups in total. The summed E-state index contributed by atoms with van der Waals surface area (Å²) in [7, 11) is 0. The first kappa shape index (κ1) is 12.0. The van der Waals surface area contributed by atoms with E-state index in [0.29, 0.717) is 18.5 Å². The van der Waals surface area contributed by atoms with Gasteiger partial charge in [-0.15, -0.1) is 10.2 Å². The van der Waals surface area contributed by atoms with Gasteiger partial charge in [0.2, 0.25) is 5.82 Å². The summed E-state index contributed by atoms with van der Waals surface area (Å²) in [6.07, 6.45) is 0. The molecule has 1 aromatic rings. The third-order valence-corrected chi connectivity index (χ3v) is 2.97. The van der Waals surface area contributed by atoms with Crippen molar-refractivity contribution in [3.63, 3.8) is 0 Å². The second-order valence-corrected chi connectivity index (χ2v) is 4.38. The fourth-order valence-electron chi connectivity index (χ4n) is 1.96. The van der Waals surface area contributed by atoms with E-state index >= 15 is 0 Å². The third-order valence-electron chi connectivity index (χ3n) is 2.97. The van der Waals surface area contributed by atoms with Gasteiger partial charge >= 0.3 is 5.97 Å². The molecular weight excluding hydrogens is 220 g/mol. The highest BCUT2D eigenvalue weighted by Gasteiger charge is 2.25. The maximum Gasteiger partial charge on any atom is 0.376 e. The molecule has 0 bridgehead atoms. The largest absolute Gasteiger partial charge is 0.460 e. The van der Waals surface area contributed by atoms with Gasteiger partial charge in [-0.3, -0.25) is 4.90 Å². The summed E-state index contributed by atoms with van der Waals surface area (Å²) in [5, 5.41) is 7.99. The smallest absolute Gasteiger partial charge is 0.376 e. The van der Waals surface area contributed by atoms with Crippen molar-refractivity contribution in [2.45, 2.75) is 39.9 Å². The highest BCUT2D eigenvalue weighted by Crippen LogP contribution is 2.15. The average Bonchev–Trinajstić information content (AvgIpc) is 2.71. The Morgan fingerprint density at radius 2 is 2.18 bits per heavy atom. The second-order valence-electron chi connectivity index (χ2n) is 4.38. The number of rotatable bonds is 3. The molecule has 2 rings (SSSR count). The molecule has 0 aromatic carbocycles. The molecule has 0 atom stereocenters. The van der Waals surface area contributed by atoms with Crippen LogP contribution < -0.4 is 0 Å². The van der Waals surface area contributed by atoms with E-state index in [4.69, 9.17) is 4.74 Å². The number of ether oxygens (including phenoxy) is 1. The summed E-state index contributed by atoms with van der Waals surface area (Å²) in [6.45, 7) is 8.84. The Balaban J connectivity index is 2.18. The van der Waals surface area contributed by atoms with E-state index in [-0.39, 0.29) is 5.97 Å². The monoisotopic (exact) mass is 238 g/mol. The normalized spacial score (nSPS) is 16.0. The van der Waals surface area contributed by atoms with Crippen molar-refractivity contribution >= 4 is 5.97 Å². The number of esters is 1. The summed E-state index contributed by atoms with van der Waals surface area (Å²) < 4.78 is 6.81. The lowest BCUT2D eigenvalue weighted by Crippen LogP contribution is -2.39. The number of hydrogen-bond donors (Lipinski definition) is 0. The summed E-state index contributed by atoms with van der Waals surface area (Å²) in [6, 6.07) is 0.478. The van der Waals surface area contributed by atoms with Crippen molar-refractivity contribution < 1.29 is 9.53 Å². The van der Waals surface area contributed by atoms with E-state index in [0.717, 1.165) is 25.5 Å². The van der Waals surface area contributed by atoms with Crippen LogP contribution in [-0.4, -0.2) is 44.8 Å². The molecule has 0 saturated heterocycles. The van der Waals surface area contributed by atoms with Crippen LogP contribution in [0.1, 0.15) is 37.2 Å². The molecule has 0 unspecified atom stereocenters. The third kappa shape index (κ3) is 2.31. The van der Waals surface area contributed by atoms with Crippen LogP contribution in [-0.2, 0) is 17.8 Å². The first-order valence-corrected chi connectivity index (χ1v) is 5.96. The lowest BCUT2D eigenvalue weighted by Gasteiger charge is -2.30.